The van der Waals surface area contributed by atoms with E-state index in [4.69, 9.17) is 4.74 Å². The van der Waals surface area contributed by atoms with E-state index in [-0.39, 0.29) is 16.6 Å². The molecule has 3 aromatic rings. The molecule has 1 aliphatic heterocycles. The molecule has 0 spiro atoms. The molecule has 0 unspecified atom stereocenters. The fourth-order valence-corrected chi connectivity index (χ4v) is 6.10. The van der Waals surface area contributed by atoms with E-state index in [1.807, 2.05) is 30.3 Å². The van der Waals surface area contributed by atoms with Crippen molar-refractivity contribution in [1.82, 2.24) is 9.29 Å². The zero-order valence-electron chi connectivity index (χ0n) is 19.2. The molecule has 0 saturated carbocycles. The zero-order valence-corrected chi connectivity index (χ0v) is 20.8. The van der Waals surface area contributed by atoms with Gasteiger partial charge in [-0.3, -0.25) is 10.1 Å². The predicted octanol–water partition coefficient (Wildman–Crippen LogP) is 4.81. The smallest absolute Gasteiger partial charge is 0.413 e. The number of benzene rings is 2. The highest BCUT2D eigenvalue weighted by atomic mass is 32.2. The first-order valence-electron chi connectivity index (χ1n) is 11.3. The summed E-state index contributed by atoms with van der Waals surface area (Å²) in [5.41, 5.74) is 1.56. The summed E-state index contributed by atoms with van der Waals surface area (Å²) >= 11 is 1.10. The van der Waals surface area contributed by atoms with Crippen LogP contribution in [0.5, 0.6) is 0 Å². The second-order valence-electron chi connectivity index (χ2n) is 7.85. The molecular weight excluding hydrogens is 488 g/mol. The van der Waals surface area contributed by atoms with Crippen molar-refractivity contribution in [2.24, 2.45) is 0 Å². The Balaban J connectivity index is 1.55. The van der Waals surface area contributed by atoms with E-state index in [2.05, 4.69) is 15.6 Å². The van der Waals surface area contributed by atoms with E-state index in [1.54, 1.807) is 6.92 Å². The van der Waals surface area contributed by atoms with Crippen LogP contribution in [0.1, 0.15) is 36.5 Å². The number of anilines is 2. The van der Waals surface area contributed by atoms with Gasteiger partial charge in [0, 0.05) is 24.2 Å². The number of piperidine rings is 1. The minimum absolute atomic E-state index is 0.166. The molecule has 2 heterocycles. The van der Waals surface area contributed by atoms with Crippen molar-refractivity contribution in [3.63, 3.8) is 0 Å². The maximum absolute atomic E-state index is 13.0. The van der Waals surface area contributed by atoms with Gasteiger partial charge >= 0.3 is 6.09 Å². The predicted molar refractivity (Wildman–Crippen MR) is 135 cm³/mol. The summed E-state index contributed by atoms with van der Waals surface area (Å²) in [6.45, 7) is 2.95. The Labute approximate surface area is 208 Å². The number of amides is 2. The summed E-state index contributed by atoms with van der Waals surface area (Å²) in [6.07, 6.45) is 2.10. The Morgan fingerprint density at radius 1 is 1.00 bits per heavy atom. The zero-order chi connectivity index (χ0) is 24.8. The van der Waals surface area contributed by atoms with Gasteiger partial charge in [-0.15, -0.1) is 0 Å². The summed E-state index contributed by atoms with van der Waals surface area (Å²) in [4.78, 5) is 29.4. The van der Waals surface area contributed by atoms with Gasteiger partial charge in [0.2, 0.25) is 10.0 Å². The molecular formula is C24H26N4O5S2. The number of hydrogen-bond donors (Lipinski definition) is 2. The van der Waals surface area contributed by atoms with E-state index in [1.165, 1.54) is 28.6 Å². The van der Waals surface area contributed by atoms with Crippen molar-refractivity contribution in [2.45, 2.75) is 31.1 Å². The highest BCUT2D eigenvalue weighted by molar-refractivity contribution is 7.89. The first-order chi connectivity index (χ1) is 16.9. The molecule has 9 nitrogen and oxygen atoms in total. The SMILES string of the molecule is CCOC(=O)Nc1nc(-c2ccccc2)c(NC(=O)c2ccc(S(=O)(=O)N3CCCCC3)cc2)s1. The number of carbonyl (C=O) groups is 2. The van der Waals surface area contributed by atoms with Crippen molar-refractivity contribution in [3.8, 4) is 11.3 Å². The third-order valence-electron chi connectivity index (χ3n) is 5.46. The molecule has 0 atom stereocenters. The van der Waals surface area contributed by atoms with Crippen molar-refractivity contribution >= 4 is 43.5 Å². The van der Waals surface area contributed by atoms with E-state index in [0.29, 0.717) is 29.3 Å². The lowest BCUT2D eigenvalue weighted by atomic mass is 10.1. The summed E-state index contributed by atoms with van der Waals surface area (Å²) < 4.78 is 32.1. The van der Waals surface area contributed by atoms with Crippen LogP contribution in [0.15, 0.2) is 59.5 Å². The maximum Gasteiger partial charge on any atom is 0.413 e. The molecule has 2 N–H and O–H groups in total. The molecule has 35 heavy (non-hydrogen) atoms. The molecule has 1 fully saturated rings. The Bertz CT molecular complexity index is 1290. The van der Waals surface area contributed by atoms with E-state index >= 15 is 0 Å². The third-order valence-corrected chi connectivity index (χ3v) is 8.25. The normalized spacial score (nSPS) is 14.3. The molecule has 1 saturated heterocycles. The number of hydrogen-bond acceptors (Lipinski definition) is 7. The monoisotopic (exact) mass is 514 g/mol. The van der Waals surface area contributed by atoms with E-state index < -0.39 is 22.0 Å². The summed E-state index contributed by atoms with van der Waals surface area (Å²) in [7, 11) is -3.58. The number of aromatic nitrogens is 1. The van der Waals surface area contributed by atoms with Crippen molar-refractivity contribution in [1.29, 1.82) is 0 Å². The van der Waals surface area contributed by atoms with E-state index in [0.717, 1.165) is 36.2 Å². The van der Waals surface area contributed by atoms with Gasteiger partial charge in [0.05, 0.1) is 11.5 Å². The Morgan fingerprint density at radius 2 is 1.69 bits per heavy atom. The average molecular weight is 515 g/mol. The fraction of sp³-hybridized carbons (Fsp3) is 0.292. The standard InChI is InChI=1S/C24H26N4O5S2/c1-2-33-24(30)27-23-25-20(17-9-5-3-6-10-17)22(34-23)26-21(29)18-11-13-19(14-12-18)35(31,32)28-15-7-4-8-16-28/h3,5-6,9-14H,2,4,7-8,15-16H2,1H3,(H,26,29)(H,25,27,30). The maximum atomic E-state index is 13.0. The highest BCUT2D eigenvalue weighted by Crippen LogP contribution is 2.36. The molecule has 0 aliphatic carbocycles. The minimum atomic E-state index is -3.58. The van der Waals surface area contributed by atoms with Gasteiger partial charge in [-0.25, -0.2) is 18.2 Å². The van der Waals surface area contributed by atoms with Gasteiger partial charge in [-0.2, -0.15) is 4.31 Å². The van der Waals surface area contributed by atoms with Crippen LogP contribution in [0, 0.1) is 0 Å². The number of nitrogens with one attached hydrogen (secondary N) is 2. The van der Waals surface area contributed by atoms with Crippen LogP contribution in [0.3, 0.4) is 0 Å². The van der Waals surface area contributed by atoms with Crippen molar-refractivity contribution < 1.29 is 22.7 Å². The fourth-order valence-electron chi connectivity index (χ4n) is 3.71. The Hall–Kier alpha value is -3.28. The largest absolute Gasteiger partial charge is 0.450 e. The second kappa shape index (κ2) is 11.0. The average Bonchev–Trinajstić information content (AvgIpc) is 3.27. The quantitative estimate of drug-likeness (QED) is 0.467. The van der Waals surface area contributed by atoms with Crippen LogP contribution < -0.4 is 10.6 Å². The lowest BCUT2D eigenvalue weighted by Crippen LogP contribution is -2.35. The number of thiazole rings is 1. The number of nitrogens with zero attached hydrogens (tertiary/aromatic N) is 2. The lowest BCUT2D eigenvalue weighted by molar-refractivity contribution is 0.102. The van der Waals surface area contributed by atoms with Crippen molar-refractivity contribution in [3.05, 3.63) is 60.2 Å². The van der Waals surface area contributed by atoms with E-state index in [9.17, 15) is 18.0 Å². The molecule has 1 aromatic heterocycles. The molecule has 2 aromatic carbocycles. The van der Waals surface area contributed by atoms with Crippen LogP contribution in [-0.2, 0) is 14.8 Å². The van der Waals surface area contributed by atoms with Gasteiger partial charge < -0.3 is 10.1 Å². The van der Waals surface area contributed by atoms with Crippen LogP contribution >= 0.6 is 11.3 Å². The first kappa shape index (κ1) is 24.8. The van der Waals surface area contributed by atoms with Crippen LogP contribution in [0.4, 0.5) is 14.9 Å². The lowest BCUT2D eigenvalue weighted by Gasteiger charge is -2.25. The van der Waals surface area contributed by atoms with Crippen LogP contribution in [0.25, 0.3) is 11.3 Å². The third kappa shape index (κ3) is 5.87. The second-order valence-corrected chi connectivity index (χ2v) is 10.8. The Morgan fingerprint density at radius 3 is 2.34 bits per heavy atom. The van der Waals surface area contributed by atoms with Gasteiger partial charge in [0.15, 0.2) is 5.13 Å². The highest BCUT2D eigenvalue weighted by Gasteiger charge is 2.26. The summed E-state index contributed by atoms with van der Waals surface area (Å²) in [5, 5.41) is 6.12. The Kier molecular flexibility index (Phi) is 7.79. The summed E-state index contributed by atoms with van der Waals surface area (Å²) in [5.74, 6) is -0.421. The van der Waals surface area contributed by atoms with Crippen LogP contribution in [0.2, 0.25) is 0 Å². The molecule has 0 bridgehead atoms. The topological polar surface area (TPSA) is 118 Å². The number of rotatable bonds is 7. The van der Waals surface area contributed by atoms with Gasteiger partial charge in [-0.05, 0) is 44.0 Å². The first-order valence-corrected chi connectivity index (χ1v) is 13.6. The summed E-state index contributed by atoms with van der Waals surface area (Å²) in [6, 6.07) is 15.2. The molecule has 184 valence electrons. The minimum Gasteiger partial charge on any atom is -0.450 e. The molecule has 2 amide bonds. The molecule has 11 heteroatoms. The number of ether oxygens (including phenoxy) is 1. The number of carbonyl (C=O) groups excluding carboxylic acids is 2. The molecule has 0 radical (unpaired) electrons. The van der Waals surface area contributed by atoms with Gasteiger partial charge in [-0.1, -0.05) is 48.1 Å². The molecule has 4 rings (SSSR count). The van der Waals surface area contributed by atoms with Crippen molar-refractivity contribution in [2.75, 3.05) is 30.3 Å². The van der Waals surface area contributed by atoms with Gasteiger partial charge in [0.1, 0.15) is 10.7 Å². The number of sulfonamides is 1. The van der Waals surface area contributed by atoms with Crippen LogP contribution in [-0.4, -0.2) is 49.4 Å². The van der Waals surface area contributed by atoms with Gasteiger partial charge in [0.25, 0.3) is 5.91 Å². The molecule has 1 aliphatic rings.